The number of hydrogen-bond acceptors (Lipinski definition) is 8. The Labute approximate surface area is 224 Å². The van der Waals surface area contributed by atoms with Gasteiger partial charge in [-0.2, -0.15) is 0 Å². The van der Waals surface area contributed by atoms with Crippen LogP contribution in [0.3, 0.4) is 0 Å². The Bertz CT molecular complexity index is 1130. The predicted molar refractivity (Wildman–Crippen MR) is 140 cm³/mol. The molecule has 12 atom stereocenters. The normalized spacial score (nSPS) is 50.5. The van der Waals surface area contributed by atoms with E-state index in [-0.39, 0.29) is 34.4 Å². The van der Waals surface area contributed by atoms with Crippen LogP contribution in [-0.2, 0) is 9.47 Å². The van der Waals surface area contributed by atoms with Crippen LogP contribution in [-0.4, -0.2) is 57.7 Å². The molecule has 1 aromatic rings. The van der Waals surface area contributed by atoms with Crippen LogP contribution in [0, 0.1) is 22.7 Å². The minimum absolute atomic E-state index is 0.00133. The molecule has 1 saturated heterocycles. The SMILES string of the molecule is C[C@@H]1OC(OC2C=C3CCC4C(CCC5(C)C(c6ccc(=O)oc6)CCC45O)C3(C)CC2)[C@H](O)[C@H](O)C1N. The highest BCUT2D eigenvalue weighted by Crippen LogP contribution is 2.70. The van der Waals surface area contributed by atoms with Gasteiger partial charge >= 0.3 is 5.63 Å². The van der Waals surface area contributed by atoms with E-state index in [2.05, 4.69) is 19.9 Å². The number of nitrogens with two attached hydrogens (primary N) is 1. The molecule has 8 nitrogen and oxygen atoms in total. The standard InChI is InChI=1S/C30H43NO7/c1-16-24(31)25(33)26(34)27(37-16)38-19-8-11-28(2)18(14-19)5-6-22-21(28)9-12-29(3)20(10-13-30(22,29)35)17-4-7-23(32)36-15-17/h4,7,14-16,19-22,24-27,33-35H,5-6,8-13,31H2,1-3H3/t16-,19?,20?,21?,22?,24?,25+,26+,27?,28?,29?,30?/m0/s1. The Morgan fingerprint density at radius 3 is 2.55 bits per heavy atom. The summed E-state index contributed by atoms with van der Waals surface area (Å²) in [5.41, 5.74) is 7.01. The van der Waals surface area contributed by atoms with Crippen LogP contribution < -0.4 is 11.4 Å². The number of hydrogen-bond donors (Lipinski definition) is 4. The number of rotatable bonds is 3. The molecule has 8 heteroatoms. The number of aliphatic hydroxyl groups excluding tert-OH is 2. The maximum atomic E-state index is 12.4. The fourth-order valence-electron chi connectivity index (χ4n) is 9.21. The number of aliphatic hydroxyl groups is 3. The minimum atomic E-state index is -1.18. The second-order valence-corrected chi connectivity index (χ2v) is 13.2. The molecule has 4 aliphatic carbocycles. The zero-order valence-corrected chi connectivity index (χ0v) is 22.7. The van der Waals surface area contributed by atoms with E-state index in [1.165, 1.54) is 11.6 Å². The lowest BCUT2D eigenvalue weighted by atomic mass is 9.45. The van der Waals surface area contributed by atoms with Crippen LogP contribution in [0.5, 0.6) is 0 Å². The maximum absolute atomic E-state index is 12.4. The van der Waals surface area contributed by atoms with Gasteiger partial charge in [-0.1, -0.05) is 25.5 Å². The third-order valence-corrected chi connectivity index (χ3v) is 11.6. The number of allylic oxidation sites excluding steroid dienone is 1. The van der Waals surface area contributed by atoms with Gasteiger partial charge in [-0.05, 0) is 93.1 Å². The molecule has 210 valence electrons. The summed E-state index contributed by atoms with van der Waals surface area (Å²) in [7, 11) is 0. The Morgan fingerprint density at radius 2 is 1.82 bits per heavy atom. The monoisotopic (exact) mass is 529 g/mol. The van der Waals surface area contributed by atoms with Gasteiger partial charge in [0.15, 0.2) is 6.29 Å². The van der Waals surface area contributed by atoms with Crippen LogP contribution >= 0.6 is 0 Å². The fourth-order valence-corrected chi connectivity index (χ4v) is 9.21. The fraction of sp³-hybridized carbons (Fsp3) is 0.767. The molecule has 0 amide bonds. The summed E-state index contributed by atoms with van der Waals surface area (Å²) in [5.74, 6) is 0.799. The van der Waals surface area contributed by atoms with Gasteiger partial charge in [0.05, 0.1) is 30.1 Å². The summed E-state index contributed by atoms with van der Waals surface area (Å²) in [4.78, 5) is 11.5. The van der Waals surface area contributed by atoms with Crippen molar-refractivity contribution in [1.29, 1.82) is 0 Å². The second-order valence-electron chi connectivity index (χ2n) is 13.2. The smallest absolute Gasteiger partial charge is 0.335 e. The molecule has 0 spiro atoms. The van der Waals surface area contributed by atoms with Gasteiger partial charge in [-0.3, -0.25) is 0 Å². The number of ether oxygens (including phenoxy) is 2. The number of fused-ring (bicyclic) bond motifs is 5. The van der Waals surface area contributed by atoms with Crippen LogP contribution in [0.1, 0.15) is 83.6 Å². The zero-order valence-electron chi connectivity index (χ0n) is 22.7. The minimum Gasteiger partial charge on any atom is -0.431 e. The van der Waals surface area contributed by atoms with Crippen molar-refractivity contribution in [3.63, 3.8) is 0 Å². The van der Waals surface area contributed by atoms with E-state index in [1.54, 1.807) is 13.2 Å². The quantitative estimate of drug-likeness (QED) is 0.439. The van der Waals surface area contributed by atoms with Gasteiger partial charge in [0.2, 0.25) is 0 Å². The highest BCUT2D eigenvalue weighted by molar-refractivity contribution is 5.31. The third-order valence-electron chi connectivity index (χ3n) is 11.6. The molecule has 6 rings (SSSR count). The molecule has 4 fully saturated rings. The lowest BCUT2D eigenvalue weighted by molar-refractivity contribution is -0.279. The maximum Gasteiger partial charge on any atom is 0.335 e. The molecular formula is C30H43NO7. The van der Waals surface area contributed by atoms with Crippen molar-refractivity contribution in [2.45, 2.75) is 120 Å². The van der Waals surface area contributed by atoms with Crippen LogP contribution in [0.15, 0.2) is 39.3 Å². The van der Waals surface area contributed by atoms with E-state index < -0.39 is 36.2 Å². The highest BCUT2D eigenvalue weighted by atomic mass is 16.7. The Morgan fingerprint density at radius 1 is 1.03 bits per heavy atom. The highest BCUT2D eigenvalue weighted by Gasteiger charge is 2.66. The van der Waals surface area contributed by atoms with Crippen molar-refractivity contribution in [3.8, 4) is 0 Å². The Kier molecular flexibility index (Phi) is 6.49. The summed E-state index contributed by atoms with van der Waals surface area (Å²) in [6.07, 6.45) is 7.33. The average Bonchev–Trinajstić information content (AvgIpc) is 3.18. The summed E-state index contributed by atoms with van der Waals surface area (Å²) in [6, 6.07) is 2.73. The van der Waals surface area contributed by atoms with Gasteiger partial charge in [0.1, 0.15) is 12.2 Å². The van der Waals surface area contributed by atoms with Crippen molar-refractivity contribution < 1.29 is 29.2 Å². The lowest BCUT2D eigenvalue weighted by Gasteiger charge is -2.62. The van der Waals surface area contributed by atoms with E-state index in [4.69, 9.17) is 19.6 Å². The van der Waals surface area contributed by atoms with E-state index in [9.17, 15) is 20.1 Å². The van der Waals surface area contributed by atoms with E-state index >= 15 is 0 Å². The molecule has 9 unspecified atom stereocenters. The second kappa shape index (κ2) is 9.25. The molecule has 0 bridgehead atoms. The largest absolute Gasteiger partial charge is 0.431 e. The van der Waals surface area contributed by atoms with E-state index in [1.807, 2.05) is 6.07 Å². The molecule has 0 aromatic carbocycles. The molecule has 1 aromatic heterocycles. The van der Waals surface area contributed by atoms with Crippen LogP contribution in [0.2, 0.25) is 0 Å². The zero-order chi connectivity index (χ0) is 27.0. The van der Waals surface area contributed by atoms with Crippen molar-refractivity contribution in [2.75, 3.05) is 0 Å². The molecular weight excluding hydrogens is 486 g/mol. The Balaban J connectivity index is 1.21. The Hall–Kier alpha value is -1.55. The predicted octanol–water partition coefficient (Wildman–Crippen LogP) is 2.98. The van der Waals surface area contributed by atoms with Gasteiger partial charge < -0.3 is 34.9 Å². The first-order valence-corrected chi connectivity index (χ1v) is 14.4. The van der Waals surface area contributed by atoms with Crippen molar-refractivity contribution >= 4 is 0 Å². The van der Waals surface area contributed by atoms with Crippen LogP contribution in [0.4, 0.5) is 0 Å². The average molecular weight is 530 g/mol. The molecule has 38 heavy (non-hydrogen) atoms. The molecule has 2 heterocycles. The van der Waals surface area contributed by atoms with E-state index in [0.717, 1.165) is 56.9 Å². The summed E-state index contributed by atoms with van der Waals surface area (Å²) >= 11 is 0. The van der Waals surface area contributed by atoms with Crippen molar-refractivity contribution in [1.82, 2.24) is 0 Å². The van der Waals surface area contributed by atoms with Gasteiger partial charge in [-0.15, -0.1) is 0 Å². The third kappa shape index (κ3) is 3.82. The van der Waals surface area contributed by atoms with E-state index in [0.29, 0.717) is 5.92 Å². The molecule has 3 saturated carbocycles. The topological polar surface area (TPSA) is 135 Å². The summed E-state index contributed by atoms with van der Waals surface area (Å²) in [6.45, 7) is 6.41. The lowest BCUT2D eigenvalue weighted by Crippen LogP contribution is -2.61. The van der Waals surface area contributed by atoms with Crippen molar-refractivity contribution in [2.24, 2.45) is 28.4 Å². The van der Waals surface area contributed by atoms with Gasteiger partial charge in [-0.25, -0.2) is 4.79 Å². The molecule has 0 radical (unpaired) electrons. The van der Waals surface area contributed by atoms with Crippen molar-refractivity contribution in [3.05, 3.63) is 46.0 Å². The van der Waals surface area contributed by atoms with Gasteiger partial charge in [0.25, 0.3) is 0 Å². The molecule has 1 aliphatic heterocycles. The first-order chi connectivity index (χ1) is 18.0. The first-order valence-electron chi connectivity index (χ1n) is 14.4. The molecule has 5 aliphatic rings. The summed E-state index contributed by atoms with van der Waals surface area (Å²) < 4.78 is 17.2. The van der Waals surface area contributed by atoms with Crippen LogP contribution in [0.25, 0.3) is 0 Å². The van der Waals surface area contributed by atoms with Gasteiger partial charge in [0, 0.05) is 11.5 Å². The molecule has 5 N–H and O–H groups in total. The first kappa shape index (κ1) is 26.7. The summed E-state index contributed by atoms with van der Waals surface area (Å²) in [5, 5.41) is 33.2.